The SMILES string of the molecule is CC(NCCC(=O)c1ccc(Br)c2ccccc12)C(O)c1ccccc1. The Hall–Kier alpha value is -2.01. The van der Waals surface area contributed by atoms with Crippen LogP contribution in [0, 0.1) is 0 Å². The molecule has 0 amide bonds. The van der Waals surface area contributed by atoms with Crippen LogP contribution in [-0.4, -0.2) is 23.5 Å². The van der Waals surface area contributed by atoms with Gasteiger partial charge in [0, 0.05) is 29.0 Å². The Morgan fingerprint density at radius 2 is 1.65 bits per heavy atom. The molecule has 2 N–H and O–H groups in total. The van der Waals surface area contributed by atoms with Crippen molar-refractivity contribution in [3.05, 3.63) is 82.3 Å². The third-order valence-electron chi connectivity index (χ3n) is 4.60. The molecule has 3 aromatic carbocycles. The van der Waals surface area contributed by atoms with Gasteiger partial charge < -0.3 is 10.4 Å². The van der Waals surface area contributed by atoms with Crippen LogP contribution >= 0.6 is 15.9 Å². The summed E-state index contributed by atoms with van der Waals surface area (Å²) in [6.45, 7) is 2.45. The van der Waals surface area contributed by atoms with Gasteiger partial charge in [-0.2, -0.15) is 0 Å². The van der Waals surface area contributed by atoms with Gasteiger partial charge in [-0.25, -0.2) is 0 Å². The van der Waals surface area contributed by atoms with Crippen LogP contribution in [0.5, 0.6) is 0 Å². The number of Topliss-reactive ketones (excluding diaryl/α,β-unsaturated/α-hetero) is 1. The Kier molecular flexibility index (Phi) is 6.20. The van der Waals surface area contributed by atoms with Crippen molar-refractivity contribution in [3.8, 4) is 0 Å². The average Bonchev–Trinajstić information content (AvgIpc) is 2.68. The van der Waals surface area contributed by atoms with Crippen LogP contribution in [0.25, 0.3) is 10.8 Å². The molecule has 2 atom stereocenters. The molecule has 0 aromatic heterocycles. The van der Waals surface area contributed by atoms with E-state index >= 15 is 0 Å². The highest BCUT2D eigenvalue weighted by Crippen LogP contribution is 2.27. The number of ketones is 1. The molecule has 0 fully saturated rings. The predicted octanol–water partition coefficient (Wildman–Crippen LogP) is 4.89. The van der Waals surface area contributed by atoms with Crippen LogP contribution in [0.4, 0.5) is 0 Å². The Bertz CT molecular complexity index is 895. The molecule has 134 valence electrons. The average molecular weight is 412 g/mol. The maximum Gasteiger partial charge on any atom is 0.164 e. The zero-order valence-corrected chi connectivity index (χ0v) is 16.2. The lowest BCUT2D eigenvalue weighted by Gasteiger charge is -2.20. The van der Waals surface area contributed by atoms with E-state index in [4.69, 9.17) is 0 Å². The first-order valence-electron chi connectivity index (χ1n) is 8.75. The van der Waals surface area contributed by atoms with Gasteiger partial charge in [0.15, 0.2) is 5.78 Å². The second-order valence-corrected chi connectivity index (χ2v) is 7.27. The van der Waals surface area contributed by atoms with E-state index in [1.54, 1.807) is 0 Å². The van der Waals surface area contributed by atoms with Crippen molar-refractivity contribution in [1.29, 1.82) is 0 Å². The van der Waals surface area contributed by atoms with Crippen LogP contribution < -0.4 is 5.32 Å². The molecule has 0 aliphatic carbocycles. The summed E-state index contributed by atoms with van der Waals surface area (Å²) < 4.78 is 0.988. The van der Waals surface area contributed by atoms with Crippen molar-refractivity contribution < 1.29 is 9.90 Å². The van der Waals surface area contributed by atoms with Crippen molar-refractivity contribution in [2.45, 2.75) is 25.5 Å². The summed E-state index contributed by atoms with van der Waals surface area (Å²) in [5.74, 6) is 0.0996. The van der Waals surface area contributed by atoms with Crippen molar-refractivity contribution in [1.82, 2.24) is 5.32 Å². The fourth-order valence-corrected chi connectivity index (χ4v) is 3.58. The Morgan fingerprint density at radius 1 is 1.00 bits per heavy atom. The van der Waals surface area contributed by atoms with Gasteiger partial charge >= 0.3 is 0 Å². The second kappa shape index (κ2) is 8.58. The molecule has 2 unspecified atom stereocenters. The number of hydrogen-bond acceptors (Lipinski definition) is 3. The molecule has 3 aromatic rings. The smallest absolute Gasteiger partial charge is 0.164 e. The van der Waals surface area contributed by atoms with E-state index in [0.717, 1.165) is 26.4 Å². The number of carbonyl (C=O) groups is 1. The standard InChI is InChI=1S/C22H22BrNO2/c1-15(22(26)16-7-3-2-4-8-16)24-14-13-21(25)19-11-12-20(23)18-10-6-5-9-17(18)19/h2-12,15,22,24,26H,13-14H2,1H3. The normalized spacial score (nSPS) is 13.5. The van der Waals surface area contributed by atoms with Crippen molar-refractivity contribution in [2.24, 2.45) is 0 Å². The molecule has 0 aliphatic rings. The van der Waals surface area contributed by atoms with E-state index in [1.807, 2.05) is 73.7 Å². The highest BCUT2D eigenvalue weighted by molar-refractivity contribution is 9.10. The summed E-state index contributed by atoms with van der Waals surface area (Å²) in [6.07, 6.45) is -0.211. The molecular weight excluding hydrogens is 390 g/mol. The first-order valence-corrected chi connectivity index (χ1v) is 9.54. The van der Waals surface area contributed by atoms with Crippen molar-refractivity contribution in [3.63, 3.8) is 0 Å². The van der Waals surface area contributed by atoms with Gasteiger partial charge in [-0.05, 0) is 35.4 Å². The van der Waals surface area contributed by atoms with E-state index in [9.17, 15) is 9.90 Å². The number of benzene rings is 3. The molecule has 0 aliphatic heterocycles. The maximum absolute atomic E-state index is 12.7. The summed E-state index contributed by atoms with van der Waals surface area (Å²) in [6, 6.07) is 21.1. The van der Waals surface area contributed by atoms with Crippen molar-refractivity contribution >= 4 is 32.5 Å². The van der Waals surface area contributed by atoms with E-state index in [2.05, 4.69) is 21.2 Å². The second-order valence-electron chi connectivity index (χ2n) is 6.41. The van der Waals surface area contributed by atoms with Gasteiger partial charge in [0.05, 0.1) is 6.10 Å². The highest BCUT2D eigenvalue weighted by Gasteiger charge is 2.16. The molecule has 0 saturated carbocycles. The zero-order valence-electron chi connectivity index (χ0n) is 14.7. The number of hydrogen-bond donors (Lipinski definition) is 2. The lowest BCUT2D eigenvalue weighted by atomic mass is 9.99. The summed E-state index contributed by atoms with van der Waals surface area (Å²) in [4.78, 5) is 12.7. The third kappa shape index (κ3) is 4.21. The third-order valence-corrected chi connectivity index (χ3v) is 5.30. The molecule has 3 rings (SSSR count). The topological polar surface area (TPSA) is 49.3 Å². The minimum atomic E-state index is -0.597. The van der Waals surface area contributed by atoms with Gasteiger partial charge in [-0.3, -0.25) is 4.79 Å². The van der Waals surface area contributed by atoms with Gasteiger partial charge in [-0.1, -0.05) is 70.5 Å². The minimum absolute atomic E-state index is 0.0996. The molecular formula is C22H22BrNO2. The fourth-order valence-electron chi connectivity index (χ4n) is 3.10. The van der Waals surface area contributed by atoms with Gasteiger partial charge in [0.1, 0.15) is 0 Å². The van der Waals surface area contributed by atoms with E-state index in [-0.39, 0.29) is 11.8 Å². The first kappa shape index (κ1) is 18.8. The highest BCUT2D eigenvalue weighted by atomic mass is 79.9. The molecule has 0 bridgehead atoms. The number of fused-ring (bicyclic) bond motifs is 1. The number of carbonyl (C=O) groups excluding carboxylic acids is 1. The van der Waals surface area contributed by atoms with Crippen LogP contribution in [0.3, 0.4) is 0 Å². The Morgan fingerprint density at radius 3 is 2.38 bits per heavy atom. The van der Waals surface area contributed by atoms with E-state index in [0.29, 0.717) is 13.0 Å². The van der Waals surface area contributed by atoms with E-state index in [1.165, 1.54) is 0 Å². The Balaban J connectivity index is 1.62. The molecule has 0 saturated heterocycles. The number of aliphatic hydroxyl groups excluding tert-OH is 1. The lowest BCUT2D eigenvalue weighted by molar-refractivity contribution is 0.0973. The molecule has 3 nitrogen and oxygen atoms in total. The van der Waals surface area contributed by atoms with Gasteiger partial charge in [-0.15, -0.1) is 0 Å². The minimum Gasteiger partial charge on any atom is -0.387 e. The summed E-state index contributed by atoms with van der Waals surface area (Å²) in [5, 5.41) is 15.7. The molecule has 0 radical (unpaired) electrons. The lowest BCUT2D eigenvalue weighted by Crippen LogP contribution is -2.33. The molecule has 0 spiro atoms. The van der Waals surface area contributed by atoms with Crippen LogP contribution in [0.2, 0.25) is 0 Å². The molecule has 4 heteroatoms. The van der Waals surface area contributed by atoms with Crippen LogP contribution in [0.1, 0.15) is 35.4 Å². The fraction of sp³-hybridized carbons (Fsp3) is 0.227. The van der Waals surface area contributed by atoms with E-state index < -0.39 is 6.10 Å². The first-order chi connectivity index (χ1) is 12.6. The van der Waals surface area contributed by atoms with Crippen molar-refractivity contribution in [2.75, 3.05) is 6.54 Å². The van der Waals surface area contributed by atoms with Gasteiger partial charge in [0.2, 0.25) is 0 Å². The number of nitrogens with one attached hydrogen (secondary N) is 1. The summed E-state index contributed by atoms with van der Waals surface area (Å²) in [5.41, 5.74) is 1.61. The van der Waals surface area contributed by atoms with Gasteiger partial charge in [0.25, 0.3) is 0 Å². The quantitative estimate of drug-likeness (QED) is 0.544. The molecule has 0 heterocycles. The number of aliphatic hydroxyl groups is 1. The zero-order chi connectivity index (χ0) is 18.5. The summed E-state index contributed by atoms with van der Waals surface area (Å²) in [7, 11) is 0. The molecule has 26 heavy (non-hydrogen) atoms. The number of halogens is 1. The largest absolute Gasteiger partial charge is 0.387 e. The van der Waals surface area contributed by atoms with Crippen LogP contribution in [-0.2, 0) is 0 Å². The summed E-state index contributed by atoms with van der Waals surface area (Å²) >= 11 is 3.54. The van der Waals surface area contributed by atoms with Crippen LogP contribution in [0.15, 0.2) is 71.2 Å². The Labute approximate surface area is 162 Å². The predicted molar refractivity (Wildman–Crippen MR) is 109 cm³/mol. The monoisotopic (exact) mass is 411 g/mol. The number of rotatable bonds is 7. The maximum atomic E-state index is 12.7.